The van der Waals surface area contributed by atoms with Crippen LogP contribution in [0.2, 0.25) is 5.02 Å². The summed E-state index contributed by atoms with van der Waals surface area (Å²) in [6.07, 6.45) is 1.10. The largest absolute Gasteiger partial charge is 0.481 e. The number of carboxylic acids is 1. The Morgan fingerprint density at radius 1 is 1.50 bits per heavy atom. The number of halogens is 2. The van der Waals surface area contributed by atoms with Gasteiger partial charge in [0.25, 0.3) is 0 Å². The maximum atomic E-state index is 10.5. The van der Waals surface area contributed by atoms with Gasteiger partial charge in [-0.3, -0.25) is 4.79 Å². The summed E-state index contributed by atoms with van der Waals surface area (Å²) in [6.45, 7) is 0. The highest BCUT2D eigenvalue weighted by atomic mass is 79.9. The first kappa shape index (κ1) is 13.9. The zero-order valence-corrected chi connectivity index (χ0v) is 11.7. The van der Waals surface area contributed by atoms with Gasteiger partial charge < -0.3 is 5.11 Å². The Hall–Kier alpha value is -0.190. The van der Waals surface area contributed by atoms with Gasteiger partial charge in [-0.2, -0.15) is 0 Å². The van der Waals surface area contributed by atoms with Crippen molar-refractivity contribution < 1.29 is 9.90 Å². The molecule has 0 aliphatic rings. The molecule has 0 amide bonds. The summed E-state index contributed by atoms with van der Waals surface area (Å²) >= 11 is 11.1. The highest BCUT2D eigenvalue weighted by Crippen LogP contribution is 2.28. The zero-order chi connectivity index (χ0) is 12.0. The molecular weight excluding hydrogens is 312 g/mol. The molecule has 0 saturated carbocycles. The predicted octanol–water partition coefficient (Wildman–Crippen LogP) is 3.84. The van der Waals surface area contributed by atoms with E-state index in [9.17, 15) is 4.79 Å². The molecule has 88 valence electrons. The molecule has 0 fully saturated rings. The highest BCUT2D eigenvalue weighted by molar-refractivity contribution is 9.09. The average Bonchev–Trinajstić information content (AvgIpc) is 2.20. The highest BCUT2D eigenvalue weighted by Gasteiger charge is 2.05. The van der Waals surface area contributed by atoms with Crippen molar-refractivity contribution in [2.24, 2.45) is 0 Å². The van der Waals surface area contributed by atoms with E-state index in [-0.39, 0.29) is 6.42 Å². The summed E-state index contributed by atoms with van der Waals surface area (Å²) in [5, 5.41) is 10.3. The van der Waals surface area contributed by atoms with Crippen LogP contribution in [0.25, 0.3) is 0 Å². The van der Waals surface area contributed by atoms with Gasteiger partial charge in [0, 0.05) is 10.2 Å². The first-order valence-corrected chi connectivity index (χ1v) is 7.31. The summed E-state index contributed by atoms with van der Waals surface area (Å²) in [4.78, 5) is 11.5. The Kier molecular flexibility index (Phi) is 6.24. The number of carboxylic acid groups (broad SMARTS) is 1. The number of hydrogen-bond donors (Lipinski definition) is 1. The normalized spacial score (nSPS) is 10.4. The second kappa shape index (κ2) is 7.20. The second-order valence-electron chi connectivity index (χ2n) is 3.23. The lowest BCUT2D eigenvalue weighted by molar-refractivity contribution is -0.136. The summed E-state index contributed by atoms with van der Waals surface area (Å²) in [5.74, 6) is 0.166. The number of aliphatic carboxylic acids is 1. The van der Waals surface area contributed by atoms with Crippen molar-refractivity contribution in [2.45, 2.75) is 17.7 Å². The van der Waals surface area contributed by atoms with E-state index in [1.165, 1.54) is 0 Å². The standard InChI is InChI=1S/C11H12BrClO2S/c12-4-1-5-16-10-3-2-8(6-9(10)13)7-11(14)15/h2-3,6H,1,4-5,7H2,(H,14,15). The van der Waals surface area contributed by atoms with E-state index in [0.29, 0.717) is 5.02 Å². The molecule has 1 N–H and O–H groups in total. The van der Waals surface area contributed by atoms with Gasteiger partial charge in [-0.25, -0.2) is 0 Å². The molecule has 0 saturated heterocycles. The minimum Gasteiger partial charge on any atom is -0.481 e. The monoisotopic (exact) mass is 322 g/mol. The lowest BCUT2D eigenvalue weighted by Gasteiger charge is -2.05. The molecule has 0 atom stereocenters. The van der Waals surface area contributed by atoms with Crippen molar-refractivity contribution in [3.63, 3.8) is 0 Å². The molecule has 0 bridgehead atoms. The van der Waals surface area contributed by atoms with Gasteiger partial charge in [0.05, 0.1) is 11.4 Å². The van der Waals surface area contributed by atoms with Crippen LogP contribution in [0.4, 0.5) is 0 Å². The van der Waals surface area contributed by atoms with Gasteiger partial charge in [-0.05, 0) is 29.9 Å². The third-order valence-electron chi connectivity index (χ3n) is 1.89. The van der Waals surface area contributed by atoms with Crippen LogP contribution < -0.4 is 0 Å². The van der Waals surface area contributed by atoms with E-state index < -0.39 is 5.97 Å². The van der Waals surface area contributed by atoms with Gasteiger partial charge >= 0.3 is 5.97 Å². The molecule has 0 unspecified atom stereocenters. The third-order valence-corrected chi connectivity index (χ3v) is 4.03. The van der Waals surface area contributed by atoms with Crippen LogP contribution in [0.5, 0.6) is 0 Å². The van der Waals surface area contributed by atoms with E-state index in [4.69, 9.17) is 16.7 Å². The molecule has 16 heavy (non-hydrogen) atoms. The predicted molar refractivity (Wildman–Crippen MR) is 71.9 cm³/mol. The molecule has 0 aromatic heterocycles. The van der Waals surface area contributed by atoms with E-state index in [0.717, 1.165) is 28.0 Å². The fourth-order valence-corrected chi connectivity index (χ4v) is 3.07. The molecule has 0 radical (unpaired) electrons. The number of rotatable bonds is 6. The lowest BCUT2D eigenvalue weighted by Crippen LogP contribution is -1.99. The Bertz CT molecular complexity index is 371. The van der Waals surface area contributed by atoms with E-state index in [1.807, 2.05) is 12.1 Å². The van der Waals surface area contributed by atoms with E-state index in [1.54, 1.807) is 17.8 Å². The van der Waals surface area contributed by atoms with Crippen molar-refractivity contribution in [2.75, 3.05) is 11.1 Å². The Labute approximate surface area is 113 Å². The van der Waals surface area contributed by atoms with Crippen LogP contribution in [0, 0.1) is 0 Å². The number of hydrogen-bond acceptors (Lipinski definition) is 2. The Balaban J connectivity index is 2.64. The molecule has 1 aromatic carbocycles. The Morgan fingerprint density at radius 2 is 2.25 bits per heavy atom. The van der Waals surface area contributed by atoms with Crippen LogP contribution in [0.1, 0.15) is 12.0 Å². The molecule has 0 heterocycles. The molecule has 0 aliphatic heterocycles. The molecule has 2 nitrogen and oxygen atoms in total. The molecule has 1 rings (SSSR count). The fraction of sp³-hybridized carbons (Fsp3) is 0.364. The third kappa shape index (κ3) is 4.76. The fourth-order valence-electron chi connectivity index (χ4n) is 1.18. The lowest BCUT2D eigenvalue weighted by atomic mass is 10.1. The van der Waals surface area contributed by atoms with Crippen LogP contribution >= 0.6 is 39.3 Å². The topological polar surface area (TPSA) is 37.3 Å². The van der Waals surface area contributed by atoms with Crippen LogP contribution in [0.3, 0.4) is 0 Å². The smallest absolute Gasteiger partial charge is 0.307 e. The first-order chi connectivity index (χ1) is 7.63. The summed E-state index contributed by atoms with van der Waals surface area (Å²) in [5.41, 5.74) is 0.738. The molecule has 1 aromatic rings. The van der Waals surface area contributed by atoms with Crippen LogP contribution in [-0.2, 0) is 11.2 Å². The summed E-state index contributed by atoms with van der Waals surface area (Å²) in [6, 6.07) is 5.43. The van der Waals surface area contributed by atoms with Gasteiger partial charge in [-0.1, -0.05) is 33.6 Å². The minimum absolute atomic E-state index is 0.0199. The number of carbonyl (C=O) groups is 1. The molecule has 5 heteroatoms. The van der Waals surface area contributed by atoms with Crippen LogP contribution in [0.15, 0.2) is 23.1 Å². The number of thioether (sulfide) groups is 1. The quantitative estimate of drug-likeness (QED) is 0.491. The Morgan fingerprint density at radius 3 is 2.81 bits per heavy atom. The van der Waals surface area contributed by atoms with Crippen molar-refractivity contribution in [3.05, 3.63) is 28.8 Å². The van der Waals surface area contributed by atoms with Gasteiger partial charge in [0.15, 0.2) is 0 Å². The minimum atomic E-state index is -0.837. The zero-order valence-electron chi connectivity index (χ0n) is 8.58. The SMILES string of the molecule is O=C(O)Cc1ccc(SCCCBr)c(Cl)c1. The van der Waals surface area contributed by atoms with Gasteiger partial charge in [0.1, 0.15) is 0 Å². The second-order valence-corrected chi connectivity index (χ2v) is 5.56. The van der Waals surface area contributed by atoms with Gasteiger partial charge in [-0.15, -0.1) is 11.8 Å². The molecule has 0 aliphatic carbocycles. The maximum absolute atomic E-state index is 10.5. The van der Waals surface area contributed by atoms with Crippen molar-refractivity contribution in [3.8, 4) is 0 Å². The molecule has 0 spiro atoms. The number of benzene rings is 1. The number of alkyl halides is 1. The van der Waals surface area contributed by atoms with Crippen molar-refractivity contribution in [1.29, 1.82) is 0 Å². The van der Waals surface area contributed by atoms with Crippen molar-refractivity contribution in [1.82, 2.24) is 0 Å². The molecular formula is C11H12BrClO2S. The van der Waals surface area contributed by atoms with Gasteiger partial charge in [0.2, 0.25) is 0 Å². The van der Waals surface area contributed by atoms with Crippen LogP contribution in [-0.4, -0.2) is 22.2 Å². The maximum Gasteiger partial charge on any atom is 0.307 e. The van der Waals surface area contributed by atoms with E-state index >= 15 is 0 Å². The summed E-state index contributed by atoms with van der Waals surface area (Å²) in [7, 11) is 0. The average molecular weight is 324 g/mol. The first-order valence-electron chi connectivity index (χ1n) is 4.82. The van der Waals surface area contributed by atoms with E-state index in [2.05, 4.69) is 15.9 Å². The van der Waals surface area contributed by atoms with Crippen molar-refractivity contribution >= 4 is 45.3 Å². The summed E-state index contributed by atoms with van der Waals surface area (Å²) < 4.78 is 0.